The van der Waals surface area contributed by atoms with Gasteiger partial charge in [0.2, 0.25) is 5.75 Å². The number of carbonyl (C=O) groups is 1. The quantitative estimate of drug-likeness (QED) is 0.317. The van der Waals surface area contributed by atoms with Crippen molar-refractivity contribution in [3.63, 3.8) is 0 Å². The Bertz CT molecular complexity index is 1270. The third-order valence-electron chi connectivity index (χ3n) is 5.07. The van der Waals surface area contributed by atoms with Crippen LogP contribution in [0.4, 0.5) is 0 Å². The lowest BCUT2D eigenvalue weighted by Gasteiger charge is -2.12. The van der Waals surface area contributed by atoms with Gasteiger partial charge in [-0.2, -0.15) is 5.10 Å². The van der Waals surface area contributed by atoms with Crippen LogP contribution in [-0.2, 0) is 6.42 Å². The van der Waals surface area contributed by atoms with Gasteiger partial charge >= 0.3 is 0 Å². The van der Waals surface area contributed by atoms with Crippen LogP contribution >= 0.6 is 0 Å². The predicted molar refractivity (Wildman–Crippen MR) is 126 cm³/mol. The van der Waals surface area contributed by atoms with Crippen molar-refractivity contribution in [1.82, 2.24) is 15.4 Å². The molecule has 1 heterocycles. The summed E-state index contributed by atoms with van der Waals surface area (Å²) in [6.45, 7) is 0. The van der Waals surface area contributed by atoms with Crippen molar-refractivity contribution in [2.45, 2.75) is 6.42 Å². The van der Waals surface area contributed by atoms with E-state index in [1.165, 1.54) is 27.5 Å². The summed E-state index contributed by atoms with van der Waals surface area (Å²) < 4.78 is 16.0. The van der Waals surface area contributed by atoms with Crippen LogP contribution in [-0.4, -0.2) is 43.4 Å². The topological polar surface area (TPSA) is 97.8 Å². The van der Waals surface area contributed by atoms with Gasteiger partial charge in [-0.15, -0.1) is 0 Å². The number of hydrogen-bond acceptors (Lipinski definition) is 6. The smallest absolute Gasteiger partial charge is 0.271 e. The minimum absolute atomic E-state index is 0.334. The SMILES string of the molecule is COc1cc(/C=N\NC(=O)c2ccc3nc(Cc4ccccc4)[nH]c3c2)cc(OC)c1OC. The number of H-pyrrole nitrogens is 1. The van der Waals surface area contributed by atoms with Crippen molar-refractivity contribution in [3.8, 4) is 17.2 Å². The highest BCUT2D eigenvalue weighted by atomic mass is 16.5. The van der Waals surface area contributed by atoms with Gasteiger partial charge in [-0.3, -0.25) is 4.79 Å². The summed E-state index contributed by atoms with van der Waals surface area (Å²) in [6, 6.07) is 18.9. The molecule has 0 atom stereocenters. The minimum Gasteiger partial charge on any atom is -0.493 e. The maximum Gasteiger partial charge on any atom is 0.271 e. The van der Waals surface area contributed by atoms with Gasteiger partial charge in [0.05, 0.1) is 38.6 Å². The van der Waals surface area contributed by atoms with Crippen molar-refractivity contribution in [1.29, 1.82) is 0 Å². The zero-order chi connectivity index (χ0) is 23.2. The van der Waals surface area contributed by atoms with Gasteiger partial charge in [0.25, 0.3) is 5.91 Å². The number of rotatable bonds is 8. The fourth-order valence-electron chi connectivity index (χ4n) is 3.48. The number of methoxy groups -OCH3 is 3. The Hall–Kier alpha value is -4.33. The molecule has 0 fully saturated rings. The standard InChI is InChI=1S/C25H24N4O4/c1-31-21-11-17(12-22(32-2)24(21)33-3)15-26-29-25(30)18-9-10-19-20(14-18)28-23(27-19)13-16-7-5-4-6-8-16/h4-12,14-15H,13H2,1-3H3,(H,27,28)(H,29,30)/b26-15-. The zero-order valence-corrected chi connectivity index (χ0v) is 18.6. The Kier molecular flexibility index (Phi) is 6.54. The molecule has 4 rings (SSSR count). The van der Waals surface area contributed by atoms with Gasteiger partial charge in [0.15, 0.2) is 11.5 Å². The maximum absolute atomic E-state index is 12.6. The van der Waals surface area contributed by atoms with E-state index in [-0.39, 0.29) is 5.91 Å². The van der Waals surface area contributed by atoms with Crippen molar-refractivity contribution in [2.24, 2.45) is 5.10 Å². The molecule has 0 radical (unpaired) electrons. The molecule has 0 saturated heterocycles. The van der Waals surface area contributed by atoms with E-state index in [9.17, 15) is 4.79 Å². The second-order valence-corrected chi connectivity index (χ2v) is 7.24. The van der Waals surface area contributed by atoms with Gasteiger partial charge in [0, 0.05) is 17.5 Å². The van der Waals surface area contributed by atoms with E-state index < -0.39 is 0 Å². The van der Waals surface area contributed by atoms with E-state index in [0.29, 0.717) is 34.8 Å². The van der Waals surface area contributed by atoms with Gasteiger partial charge in [-0.1, -0.05) is 30.3 Å². The number of aromatic amines is 1. The van der Waals surface area contributed by atoms with Crippen LogP contribution in [0.1, 0.15) is 27.3 Å². The summed E-state index contributed by atoms with van der Waals surface area (Å²) >= 11 is 0. The average Bonchev–Trinajstić information content (AvgIpc) is 3.25. The molecule has 1 amide bonds. The number of aromatic nitrogens is 2. The first-order valence-corrected chi connectivity index (χ1v) is 10.3. The Morgan fingerprint density at radius 2 is 1.73 bits per heavy atom. The summed E-state index contributed by atoms with van der Waals surface area (Å²) in [4.78, 5) is 20.5. The number of carbonyl (C=O) groups excluding carboxylic acids is 1. The van der Waals surface area contributed by atoms with Crippen LogP contribution in [0.3, 0.4) is 0 Å². The molecule has 1 aromatic heterocycles. The number of amides is 1. The molecule has 8 nitrogen and oxygen atoms in total. The fourth-order valence-corrected chi connectivity index (χ4v) is 3.48. The minimum atomic E-state index is -0.334. The van der Waals surface area contributed by atoms with Crippen LogP contribution in [0.25, 0.3) is 11.0 Å². The van der Waals surface area contributed by atoms with Gasteiger partial charge in [-0.05, 0) is 35.9 Å². The third kappa shape index (κ3) is 4.95. The molecule has 0 saturated carbocycles. The van der Waals surface area contributed by atoms with Crippen LogP contribution in [0.5, 0.6) is 17.2 Å². The first-order chi connectivity index (χ1) is 16.1. The highest BCUT2D eigenvalue weighted by Crippen LogP contribution is 2.37. The number of imidazole rings is 1. The summed E-state index contributed by atoms with van der Waals surface area (Å²) in [5.74, 6) is 2.00. The third-order valence-corrected chi connectivity index (χ3v) is 5.07. The van der Waals surface area contributed by atoms with Gasteiger partial charge in [-0.25, -0.2) is 10.4 Å². The highest BCUT2D eigenvalue weighted by molar-refractivity contribution is 5.97. The summed E-state index contributed by atoms with van der Waals surface area (Å²) in [5.41, 5.74) is 6.46. The van der Waals surface area contributed by atoms with Crippen LogP contribution < -0.4 is 19.6 Å². The average molecular weight is 444 g/mol. The molecule has 168 valence electrons. The lowest BCUT2D eigenvalue weighted by Crippen LogP contribution is -2.17. The van der Waals surface area contributed by atoms with Crippen LogP contribution in [0.2, 0.25) is 0 Å². The van der Waals surface area contributed by atoms with Crippen molar-refractivity contribution >= 4 is 23.2 Å². The first-order valence-electron chi connectivity index (χ1n) is 10.3. The molecule has 0 bridgehead atoms. The highest BCUT2D eigenvalue weighted by Gasteiger charge is 2.13. The molecule has 0 aliphatic carbocycles. The van der Waals surface area contributed by atoms with Gasteiger partial charge in [0.1, 0.15) is 5.82 Å². The molecular formula is C25H24N4O4. The molecule has 0 aliphatic rings. The second-order valence-electron chi connectivity index (χ2n) is 7.24. The van der Waals surface area contributed by atoms with E-state index >= 15 is 0 Å². The number of hydrazone groups is 1. The molecule has 0 aliphatic heterocycles. The molecule has 2 N–H and O–H groups in total. The molecule has 3 aromatic carbocycles. The van der Waals surface area contributed by atoms with Crippen molar-refractivity contribution in [3.05, 3.63) is 83.2 Å². The summed E-state index contributed by atoms with van der Waals surface area (Å²) in [6.07, 6.45) is 2.20. The lowest BCUT2D eigenvalue weighted by atomic mass is 10.1. The number of benzene rings is 3. The molecule has 8 heteroatoms. The second kappa shape index (κ2) is 9.86. The Balaban J connectivity index is 1.47. The van der Waals surface area contributed by atoms with Crippen molar-refractivity contribution < 1.29 is 19.0 Å². The number of fused-ring (bicyclic) bond motifs is 1. The van der Waals surface area contributed by atoms with E-state index in [2.05, 4.69) is 32.6 Å². The Labute approximate surface area is 191 Å². The fraction of sp³-hybridized carbons (Fsp3) is 0.160. The van der Waals surface area contributed by atoms with Crippen molar-refractivity contribution in [2.75, 3.05) is 21.3 Å². The maximum atomic E-state index is 12.6. The number of hydrogen-bond donors (Lipinski definition) is 2. The predicted octanol–water partition coefficient (Wildman–Crippen LogP) is 3.94. The monoisotopic (exact) mass is 444 g/mol. The molecule has 4 aromatic rings. The first kappa shape index (κ1) is 21.9. The normalized spacial score (nSPS) is 11.0. The van der Waals surface area contributed by atoms with Crippen LogP contribution in [0, 0.1) is 0 Å². The Morgan fingerprint density at radius 3 is 2.39 bits per heavy atom. The van der Waals surface area contributed by atoms with E-state index in [4.69, 9.17) is 14.2 Å². The van der Waals surface area contributed by atoms with Crippen LogP contribution in [0.15, 0.2) is 65.8 Å². The number of nitrogens with one attached hydrogen (secondary N) is 2. The number of nitrogens with zero attached hydrogens (tertiary/aromatic N) is 2. The number of ether oxygens (including phenoxy) is 3. The largest absolute Gasteiger partial charge is 0.493 e. The van der Waals surface area contributed by atoms with Gasteiger partial charge < -0.3 is 19.2 Å². The Morgan fingerprint density at radius 1 is 1.00 bits per heavy atom. The van der Waals surface area contributed by atoms with E-state index in [1.807, 2.05) is 24.3 Å². The molecular weight excluding hydrogens is 420 g/mol. The van der Waals surface area contributed by atoms with E-state index in [0.717, 1.165) is 22.4 Å². The molecule has 0 spiro atoms. The summed E-state index contributed by atoms with van der Waals surface area (Å²) in [7, 11) is 4.61. The molecule has 0 unspecified atom stereocenters. The summed E-state index contributed by atoms with van der Waals surface area (Å²) in [5, 5.41) is 4.06. The van der Waals surface area contributed by atoms with E-state index in [1.54, 1.807) is 24.3 Å². The zero-order valence-electron chi connectivity index (χ0n) is 18.6. The molecule has 33 heavy (non-hydrogen) atoms. The lowest BCUT2D eigenvalue weighted by molar-refractivity contribution is 0.0955.